The number of hydrogen-bond acceptors (Lipinski definition) is 6. The Kier molecular flexibility index (Phi) is 17.1. The van der Waals surface area contributed by atoms with Crippen LogP contribution in [0.25, 0.3) is 0 Å². The predicted molar refractivity (Wildman–Crippen MR) is 162 cm³/mol. The molecule has 0 saturated heterocycles. The second kappa shape index (κ2) is 19.4. The highest BCUT2D eigenvalue weighted by atomic mass is 16.5. The third-order valence-corrected chi connectivity index (χ3v) is 6.91. The molecule has 0 spiro atoms. The summed E-state index contributed by atoms with van der Waals surface area (Å²) in [5.41, 5.74) is 2.77. The number of esters is 2. The van der Waals surface area contributed by atoms with E-state index in [2.05, 4.69) is 32.9 Å². The highest BCUT2D eigenvalue weighted by Gasteiger charge is 2.23. The number of aliphatic hydroxyl groups excluding tert-OH is 2. The van der Waals surface area contributed by atoms with E-state index in [0.29, 0.717) is 32.1 Å². The Morgan fingerprint density at radius 2 is 1.77 bits per heavy atom. The van der Waals surface area contributed by atoms with Gasteiger partial charge >= 0.3 is 11.9 Å². The molecule has 224 valence electrons. The van der Waals surface area contributed by atoms with Gasteiger partial charge in [0.05, 0.1) is 12.2 Å². The lowest BCUT2D eigenvalue weighted by atomic mass is 9.94. The standard InChI is InChI=1S/C34H52O6/c1-8-13-29(35)30(36)23-26(5)15-11-14-25(4)22-27(6)20-21-34(38)40-32-18-12-19-33(37)39-31(24(2)3)17-10-9-16-28(32)7/h9-11,14-15,20-24,28-32,35-36H,8,12-13,16-19H2,1-7H3/t28-,29+,30+,31+,32-/m0/s1. The van der Waals surface area contributed by atoms with Gasteiger partial charge in [0.25, 0.3) is 0 Å². The van der Waals surface area contributed by atoms with E-state index in [1.165, 1.54) is 6.08 Å². The van der Waals surface area contributed by atoms with E-state index in [1.54, 1.807) is 12.2 Å². The monoisotopic (exact) mass is 556 g/mol. The molecule has 6 heteroatoms. The maximum atomic E-state index is 12.6. The molecule has 0 aliphatic carbocycles. The molecule has 1 aliphatic heterocycles. The van der Waals surface area contributed by atoms with Crippen molar-refractivity contribution in [3.05, 3.63) is 71.4 Å². The van der Waals surface area contributed by atoms with Crippen molar-refractivity contribution in [2.24, 2.45) is 11.8 Å². The maximum absolute atomic E-state index is 12.6. The summed E-state index contributed by atoms with van der Waals surface area (Å²) < 4.78 is 11.4. The van der Waals surface area contributed by atoms with Crippen LogP contribution in [0, 0.1) is 11.8 Å². The highest BCUT2D eigenvalue weighted by Crippen LogP contribution is 2.22. The number of hydrogen-bond donors (Lipinski definition) is 2. The highest BCUT2D eigenvalue weighted by molar-refractivity contribution is 5.82. The van der Waals surface area contributed by atoms with Gasteiger partial charge in [-0.3, -0.25) is 4.79 Å². The van der Waals surface area contributed by atoms with Gasteiger partial charge in [-0.25, -0.2) is 4.79 Å². The van der Waals surface area contributed by atoms with Crippen LogP contribution >= 0.6 is 0 Å². The molecule has 0 fully saturated rings. The lowest BCUT2D eigenvalue weighted by molar-refractivity contribution is -0.151. The summed E-state index contributed by atoms with van der Waals surface area (Å²) in [5, 5.41) is 19.9. The molecule has 0 unspecified atom stereocenters. The fraction of sp³-hybridized carbons (Fsp3) is 0.588. The average Bonchev–Trinajstić information content (AvgIpc) is 2.87. The summed E-state index contributed by atoms with van der Waals surface area (Å²) in [6, 6.07) is 0. The Hall–Kier alpha value is -2.70. The van der Waals surface area contributed by atoms with Crippen molar-refractivity contribution in [1.82, 2.24) is 0 Å². The van der Waals surface area contributed by atoms with Gasteiger partial charge in [-0.1, -0.05) is 99.4 Å². The minimum Gasteiger partial charge on any atom is -0.462 e. The van der Waals surface area contributed by atoms with E-state index in [-0.39, 0.29) is 30.0 Å². The zero-order valence-corrected chi connectivity index (χ0v) is 25.6. The average molecular weight is 557 g/mol. The second-order valence-electron chi connectivity index (χ2n) is 11.3. The van der Waals surface area contributed by atoms with Crippen molar-refractivity contribution in [1.29, 1.82) is 0 Å². The molecule has 6 nitrogen and oxygen atoms in total. The van der Waals surface area contributed by atoms with Crippen LogP contribution < -0.4 is 0 Å². The zero-order valence-electron chi connectivity index (χ0n) is 25.6. The van der Waals surface area contributed by atoms with Crippen LogP contribution in [0.15, 0.2) is 71.4 Å². The fourth-order valence-corrected chi connectivity index (χ4v) is 4.38. The first-order chi connectivity index (χ1) is 18.9. The minimum absolute atomic E-state index is 0.103. The SMILES string of the molecule is CCC[C@@H](O)[C@H](O)C=C(C)C=CC=C(C)C=C(C)C=CC(=O)O[C@H]1CCCC(=O)O[C@@H](C(C)C)CC=CC[C@@H]1C. The molecular formula is C34H52O6. The summed E-state index contributed by atoms with van der Waals surface area (Å²) in [7, 11) is 0. The van der Waals surface area contributed by atoms with Crippen LogP contribution in [-0.2, 0) is 19.1 Å². The van der Waals surface area contributed by atoms with Crippen LogP contribution in [0.5, 0.6) is 0 Å². The van der Waals surface area contributed by atoms with Crippen LogP contribution in [0.4, 0.5) is 0 Å². The van der Waals surface area contributed by atoms with Gasteiger partial charge in [-0.15, -0.1) is 0 Å². The number of ether oxygens (including phenoxy) is 2. The van der Waals surface area contributed by atoms with Gasteiger partial charge in [0.2, 0.25) is 0 Å². The van der Waals surface area contributed by atoms with Crippen LogP contribution in [0.2, 0.25) is 0 Å². The fourth-order valence-electron chi connectivity index (χ4n) is 4.38. The van der Waals surface area contributed by atoms with Crippen molar-refractivity contribution in [3.63, 3.8) is 0 Å². The molecule has 0 radical (unpaired) electrons. The molecule has 1 aliphatic rings. The van der Waals surface area contributed by atoms with Crippen LogP contribution in [0.3, 0.4) is 0 Å². The molecule has 0 amide bonds. The Morgan fingerprint density at radius 1 is 1.07 bits per heavy atom. The number of carbonyl (C=O) groups is 2. The molecule has 2 N–H and O–H groups in total. The number of rotatable bonds is 11. The Morgan fingerprint density at radius 3 is 2.45 bits per heavy atom. The van der Waals surface area contributed by atoms with Crippen molar-refractivity contribution in [2.75, 3.05) is 0 Å². The molecule has 0 saturated carbocycles. The van der Waals surface area contributed by atoms with Crippen molar-refractivity contribution < 1.29 is 29.3 Å². The molecular weight excluding hydrogens is 504 g/mol. The normalized spacial score (nSPS) is 24.1. The van der Waals surface area contributed by atoms with Crippen molar-refractivity contribution in [2.45, 2.75) is 118 Å². The van der Waals surface area contributed by atoms with Gasteiger partial charge in [-0.2, -0.15) is 0 Å². The first-order valence-electron chi connectivity index (χ1n) is 14.7. The van der Waals surface area contributed by atoms with Gasteiger partial charge in [-0.05, 0) is 58.3 Å². The Labute approximate surface area is 242 Å². The van der Waals surface area contributed by atoms with Gasteiger partial charge in [0.15, 0.2) is 0 Å². The number of allylic oxidation sites excluding steroid dienone is 9. The summed E-state index contributed by atoms with van der Waals surface area (Å²) in [6.07, 6.45) is 19.1. The number of aliphatic hydroxyl groups is 2. The first kappa shape index (κ1) is 35.3. The lowest BCUT2D eigenvalue weighted by Crippen LogP contribution is -2.26. The summed E-state index contributed by atoms with van der Waals surface area (Å²) in [5.74, 6) is -0.184. The van der Waals surface area contributed by atoms with Crippen molar-refractivity contribution in [3.8, 4) is 0 Å². The zero-order chi connectivity index (χ0) is 30.1. The molecule has 0 aromatic heterocycles. The van der Waals surface area contributed by atoms with Crippen LogP contribution in [-0.4, -0.2) is 46.6 Å². The maximum Gasteiger partial charge on any atom is 0.331 e. The smallest absolute Gasteiger partial charge is 0.331 e. The molecule has 0 aromatic carbocycles. The first-order valence-corrected chi connectivity index (χ1v) is 14.7. The third-order valence-electron chi connectivity index (χ3n) is 6.91. The summed E-state index contributed by atoms with van der Waals surface area (Å²) in [4.78, 5) is 24.9. The van der Waals surface area contributed by atoms with Gasteiger partial charge < -0.3 is 19.7 Å². The number of carbonyl (C=O) groups excluding carboxylic acids is 2. The third kappa shape index (κ3) is 15.2. The van der Waals surface area contributed by atoms with E-state index in [4.69, 9.17) is 9.47 Å². The molecule has 1 rings (SSSR count). The van der Waals surface area contributed by atoms with Gasteiger partial charge in [0.1, 0.15) is 12.2 Å². The Balaban J connectivity index is 2.73. The second-order valence-corrected chi connectivity index (χ2v) is 11.3. The largest absolute Gasteiger partial charge is 0.462 e. The summed E-state index contributed by atoms with van der Waals surface area (Å²) in [6.45, 7) is 13.9. The quantitative estimate of drug-likeness (QED) is 0.122. The topological polar surface area (TPSA) is 93.1 Å². The molecule has 1 heterocycles. The lowest BCUT2D eigenvalue weighted by Gasteiger charge is -2.24. The van der Waals surface area contributed by atoms with E-state index in [1.807, 2.05) is 52.0 Å². The van der Waals surface area contributed by atoms with E-state index in [0.717, 1.165) is 29.6 Å². The van der Waals surface area contributed by atoms with Crippen molar-refractivity contribution >= 4 is 11.9 Å². The number of cyclic esters (lactones) is 1. The Bertz CT molecular complexity index is 965. The van der Waals surface area contributed by atoms with E-state index < -0.39 is 18.2 Å². The van der Waals surface area contributed by atoms with Crippen LogP contribution in [0.1, 0.15) is 93.4 Å². The van der Waals surface area contributed by atoms with E-state index >= 15 is 0 Å². The molecule has 40 heavy (non-hydrogen) atoms. The van der Waals surface area contributed by atoms with E-state index in [9.17, 15) is 19.8 Å². The van der Waals surface area contributed by atoms with Gasteiger partial charge in [0, 0.05) is 18.9 Å². The molecule has 5 atom stereocenters. The minimum atomic E-state index is -0.874. The summed E-state index contributed by atoms with van der Waals surface area (Å²) >= 11 is 0. The predicted octanol–water partition coefficient (Wildman–Crippen LogP) is 7.10. The molecule has 0 aromatic rings. The molecule has 0 bridgehead atoms.